The van der Waals surface area contributed by atoms with Crippen molar-refractivity contribution in [3.63, 3.8) is 0 Å². The Morgan fingerprint density at radius 3 is 3.00 bits per heavy atom. The molecule has 0 fully saturated rings. The Balaban J connectivity index is 1.94. The predicted molar refractivity (Wildman–Crippen MR) is 80.7 cm³/mol. The van der Waals surface area contributed by atoms with Gasteiger partial charge in [-0.25, -0.2) is 0 Å². The van der Waals surface area contributed by atoms with Gasteiger partial charge < -0.3 is 4.98 Å². The molecule has 0 unspecified atom stereocenters. The lowest BCUT2D eigenvalue weighted by molar-refractivity contribution is 0.104. The minimum absolute atomic E-state index is 0.0469. The minimum Gasteiger partial charge on any atom is -0.360 e. The fourth-order valence-electron chi connectivity index (χ4n) is 2.03. The van der Waals surface area contributed by atoms with E-state index in [1.165, 1.54) is 0 Å². The number of nitrogens with zero attached hydrogens (tertiary/aromatic N) is 1. The number of hydrogen-bond donors (Lipinski definition) is 1. The average Bonchev–Trinajstić information content (AvgIpc) is 3.13. The number of fused-ring (bicyclic) bond motifs is 1. The van der Waals surface area contributed by atoms with Crippen molar-refractivity contribution in [2.75, 3.05) is 0 Å². The molecule has 1 N–H and O–H groups in total. The molecule has 3 nitrogen and oxygen atoms in total. The first-order valence-electron chi connectivity index (χ1n) is 6.05. The van der Waals surface area contributed by atoms with Crippen molar-refractivity contribution in [1.29, 1.82) is 5.26 Å². The lowest BCUT2D eigenvalue weighted by Gasteiger charge is -1.94. The number of carbonyl (C=O) groups excluding carboxylic acids is 1. The number of nitriles is 1. The molecular weight excluding hydrogens is 268 g/mol. The third-order valence-electron chi connectivity index (χ3n) is 3.02. The average molecular weight is 278 g/mol. The lowest BCUT2D eigenvalue weighted by Crippen LogP contribution is -1.91. The van der Waals surface area contributed by atoms with Crippen LogP contribution in [0, 0.1) is 11.3 Å². The molecule has 0 aliphatic rings. The summed E-state index contributed by atoms with van der Waals surface area (Å²) in [6.07, 6.45) is 5.08. The van der Waals surface area contributed by atoms with Crippen LogP contribution in [0.3, 0.4) is 0 Å². The van der Waals surface area contributed by atoms with E-state index in [0.717, 1.165) is 15.8 Å². The van der Waals surface area contributed by atoms with Crippen LogP contribution in [0.25, 0.3) is 17.0 Å². The molecule has 3 aromatic rings. The number of thiophene rings is 1. The molecule has 0 saturated carbocycles. The number of allylic oxidation sites excluding steroid dienone is 1. The molecule has 0 amide bonds. The van der Waals surface area contributed by atoms with E-state index in [2.05, 4.69) is 11.1 Å². The van der Waals surface area contributed by atoms with Gasteiger partial charge in [0, 0.05) is 27.5 Å². The number of hydrogen-bond acceptors (Lipinski definition) is 3. The first kappa shape index (κ1) is 12.4. The van der Waals surface area contributed by atoms with Crippen molar-refractivity contribution < 1.29 is 4.79 Å². The molecule has 96 valence electrons. The fraction of sp³-hybridized carbons (Fsp3) is 0. The largest absolute Gasteiger partial charge is 0.360 e. The number of aromatic amines is 1. The van der Waals surface area contributed by atoms with Crippen LogP contribution in [-0.4, -0.2) is 10.8 Å². The summed E-state index contributed by atoms with van der Waals surface area (Å²) in [5.41, 5.74) is 2.00. The molecular formula is C16H10N2OS. The molecule has 4 heteroatoms. The summed E-state index contributed by atoms with van der Waals surface area (Å²) >= 11 is 1.59. The standard InChI is InChI=1S/C16H10N2OS/c17-9-11-3-5-13-14(10-18-15(13)8-11)16(19)6-4-12-2-1-7-20-12/h1-8,10,18H. The van der Waals surface area contributed by atoms with Gasteiger partial charge in [-0.05, 0) is 35.7 Å². The number of rotatable bonds is 3. The van der Waals surface area contributed by atoms with Gasteiger partial charge in [0.25, 0.3) is 0 Å². The van der Waals surface area contributed by atoms with Gasteiger partial charge in [0.15, 0.2) is 5.78 Å². The first-order chi connectivity index (χ1) is 9.78. The Hall–Kier alpha value is -2.64. The Kier molecular flexibility index (Phi) is 3.20. The molecule has 20 heavy (non-hydrogen) atoms. The molecule has 0 radical (unpaired) electrons. The van der Waals surface area contributed by atoms with Gasteiger partial charge in [-0.15, -0.1) is 11.3 Å². The van der Waals surface area contributed by atoms with E-state index in [9.17, 15) is 4.79 Å². The molecule has 3 rings (SSSR count). The maximum absolute atomic E-state index is 12.2. The Labute approximate surface area is 119 Å². The van der Waals surface area contributed by atoms with Crippen LogP contribution in [0.4, 0.5) is 0 Å². The van der Waals surface area contributed by atoms with Crippen LogP contribution in [0.2, 0.25) is 0 Å². The van der Waals surface area contributed by atoms with E-state index in [4.69, 9.17) is 5.26 Å². The number of nitrogens with one attached hydrogen (secondary N) is 1. The second-order valence-corrected chi connectivity index (χ2v) is 5.27. The summed E-state index contributed by atoms with van der Waals surface area (Å²) in [6.45, 7) is 0. The fourth-order valence-corrected chi connectivity index (χ4v) is 2.65. The van der Waals surface area contributed by atoms with Crippen molar-refractivity contribution >= 4 is 34.1 Å². The van der Waals surface area contributed by atoms with Crippen molar-refractivity contribution in [3.05, 3.63) is 64.0 Å². The number of ketones is 1. The molecule has 0 atom stereocenters. The minimum atomic E-state index is -0.0469. The highest BCUT2D eigenvalue weighted by Gasteiger charge is 2.09. The summed E-state index contributed by atoms with van der Waals surface area (Å²) in [5, 5.41) is 11.7. The SMILES string of the molecule is N#Cc1ccc2c(C(=O)C=Cc3cccs3)c[nH]c2c1. The third kappa shape index (κ3) is 2.27. The van der Waals surface area contributed by atoms with Crippen LogP contribution >= 0.6 is 11.3 Å². The monoisotopic (exact) mass is 278 g/mol. The van der Waals surface area contributed by atoms with Crippen LogP contribution in [-0.2, 0) is 0 Å². The van der Waals surface area contributed by atoms with E-state index in [-0.39, 0.29) is 5.78 Å². The maximum Gasteiger partial charge on any atom is 0.188 e. The molecule has 0 spiro atoms. The van der Waals surface area contributed by atoms with Crippen molar-refractivity contribution in [1.82, 2.24) is 4.98 Å². The second kappa shape index (κ2) is 5.16. The summed E-state index contributed by atoms with van der Waals surface area (Å²) in [5.74, 6) is -0.0469. The number of aromatic nitrogens is 1. The van der Waals surface area contributed by atoms with E-state index in [1.54, 1.807) is 41.8 Å². The molecule has 1 aromatic carbocycles. The van der Waals surface area contributed by atoms with Crippen LogP contribution < -0.4 is 0 Å². The quantitative estimate of drug-likeness (QED) is 0.581. The van der Waals surface area contributed by atoms with Gasteiger partial charge in [0.2, 0.25) is 0 Å². The van der Waals surface area contributed by atoms with E-state index < -0.39 is 0 Å². The van der Waals surface area contributed by atoms with Gasteiger partial charge in [-0.1, -0.05) is 12.1 Å². The maximum atomic E-state index is 12.2. The summed E-state index contributed by atoms with van der Waals surface area (Å²) in [6, 6.07) is 11.3. The number of benzene rings is 1. The van der Waals surface area contributed by atoms with Gasteiger partial charge >= 0.3 is 0 Å². The number of H-pyrrole nitrogens is 1. The first-order valence-corrected chi connectivity index (χ1v) is 6.93. The lowest BCUT2D eigenvalue weighted by atomic mass is 10.1. The zero-order valence-corrected chi connectivity index (χ0v) is 11.3. The normalized spacial score (nSPS) is 10.9. The highest BCUT2D eigenvalue weighted by Crippen LogP contribution is 2.21. The van der Waals surface area contributed by atoms with E-state index in [0.29, 0.717) is 11.1 Å². The Bertz CT molecular complexity index is 835. The zero-order valence-electron chi connectivity index (χ0n) is 10.5. The van der Waals surface area contributed by atoms with Crippen LogP contribution in [0.1, 0.15) is 20.8 Å². The van der Waals surface area contributed by atoms with Crippen LogP contribution in [0.15, 0.2) is 48.0 Å². The second-order valence-electron chi connectivity index (χ2n) is 4.29. The summed E-state index contributed by atoms with van der Waals surface area (Å²) in [7, 11) is 0. The summed E-state index contributed by atoms with van der Waals surface area (Å²) in [4.78, 5) is 16.3. The van der Waals surface area contributed by atoms with Crippen molar-refractivity contribution in [3.8, 4) is 6.07 Å². The van der Waals surface area contributed by atoms with Crippen molar-refractivity contribution in [2.24, 2.45) is 0 Å². The molecule has 0 aliphatic carbocycles. The topological polar surface area (TPSA) is 56.6 Å². The highest BCUT2D eigenvalue weighted by atomic mass is 32.1. The zero-order chi connectivity index (χ0) is 13.9. The molecule has 0 saturated heterocycles. The predicted octanol–water partition coefficient (Wildman–Crippen LogP) is 4.00. The molecule has 0 aliphatic heterocycles. The molecule has 0 bridgehead atoms. The number of carbonyl (C=O) groups is 1. The van der Waals surface area contributed by atoms with Gasteiger partial charge in [-0.2, -0.15) is 5.26 Å². The van der Waals surface area contributed by atoms with Gasteiger partial charge in [-0.3, -0.25) is 4.79 Å². The Morgan fingerprint density at radius 2 is 2.25 bits per heavy atom. The summed E-state index contributed by atoms with van der Waals surface area (Å²) < 4.78 is 0. The smallest absolute Gasteiger partial charge is 0.188 e. The Morgan fingerprint density at radius 1 is 1.35 bits per heavy atom. The molecule has 2 heterocycles. The highest BCUT2D eigenvalue weighted by molar-refractivity contribution is 7.10. The van der Waals surface area contributed by atoms with Gasteiger partial charge in [0.05, 0.1) is 11.6 Å². The third-order valence-corrected chi connectivity index (χ3v) is 3.86. The van der Waals surface area contributed by atoms with E-state index in [1.807, 2.05) is 23.6 Å². The van der Waals surface area contributed by atoms with Crippen molar-refractivity contribution in [2.45, 2.75) is 0 Å². The molecule has 2 aromatic heterocycles. The van der Waals surface area contributed by atoms with Crippen LogP contribution in [0.5, 0.6) is 0 Å². The van der Waals surface area contributed by atoms with Gasteiger partial charge in [0.1, 0.15) is 0 Å². The van der Waals surface area contributed by atoms with E-state index >= 15 is 0 Å².